The summed E-state index contributed by atoms with van der Waals surface area (Å²) in [6.07, 6.45) is 1.61. The Morgan fingerprint density at radius 3 is 2.20 bits per heavy atom. The molecule has 1 aromatic heterocycles. The number of carbonyl (C=O) groups excluding carboxylic acids is 1. The van der Waals surface area contributed by atoms with E-state index in [9.17, 15) is 4.79 Å². The summed E-state index contributed by atoms with van der Waals surface area (Å²) in [6, 6.07) is 23.0. The topological polar surface area (TPSA) is 90.6 Å². The lowest BCUT2D eigenvalue weighted by Crippen LogP contribution is -2.20. The molecular formula is C26H25N5O3S. The molecule has 1 N–H and O–H groups in total. The van der Waals surface area contributed by atoms with Crippen LogP contribution in [0.3, 0.4) is 0 Å². The molecule has 0 saturated heterocycles. The van der Waals surface area contributed by atoms with Crippen LogP contribution < -0.4 is 14.9 Å². The molecule has 35 heavy (non-hydrogen) atoms. The first-order chi connectivity index (χ1) is 17.1. The van der Waals surface area contributed by atoms with Crippen LogP contribution in [-0.2, 0) is 4.79 Å². The molecule has 0 aliphatic carbocycles. The Morgan fingerprint density at radius 2 is 1.57 bits per heavy atom. The van der Waals surface area contributed by atoms with Crippen LogP contribution in [0.1, 0.15) is 11.1 Å². The van der Waals surface area contributed by atoms with Gasteiger partial charge in [-0.05, 0) is 61.0 Å². The van der Waals surface area contributed by atoms with Gasteiger partial charge in [0.1, 0.15) is 11.5 Å². The van der Waals surface area contributed by atoms with Crippen LogP contribution >= 0.6 is 11.8 Å². The number of benzene rings is 3. The van der Waals surface area contributed by atoms with Crippen molar-refractivity contribution in [2.45, 2.75) is 12.1 Å². The van der Waals surface area contributed by atoms with Crippen molar-refractivity contribution in [2.75, 3.05) is 20.0 Å². The van der Waals surface area contributed by atoms with Gasteiger partial charge < -0.3 is 9.47 Å². The Balaban J connectivity index is 1.52. The van der Waals surface area contributed by atoms with Crippen molar-refractivity contribution in [2.24, 2.45) is 5.10 Å². The van der Waals surface area contributed by atoms with Crippen molar-refractivity contribution in [1.29, 1.82) is 0 Å². The minimum absolute atomic E-state index is 0.127. The maximum atomic E-state index is 12.4. The van der Waals surface area contributed by atoms with Crippen molar-refractivity contribution in [3.8, 4) is 28.6 Å². The number of methoxy groups -OCH3 is 2. The second kappa shape index (κ2) is 11.3. The van der Waals surface area contributed by atoms with Gasteiger partial charge in [-0.25, -0.2) is 5.43 Å². The highest BCUT2D eigenvalue weighted by Crippen LogP contribution is 2.29. The van der Waals surface area contributed by atoms with Crippen molar-refractivity contribution < 1.29 is 14.3 Å². The van der Waals surface area contributed by atoms with E-state index in [1.165, 1.54) is 11.8 Å². The maximum Gasteiger partial charge on any atom is 0.250 e. The Hall–Kier alpha value is -4.11. The van der Waals surface area contributed by atoms with Gasteiger partial charge in [-0.1, -0.05) is 41.6 Å². The Morgan fingerprint density at radius 1 is 0.943 bits per heavy atom. The molecule has 0 aliphatic heterocycles. The number of ether oxygens (including phenoxy) is 2. The molecule has 0 radical (unpaired) electrons. The molecule has 0 bridgehead atoms. The molecule has 0 saturated carbocycles. The van der Waals surface area contributed by atoms with Gasteiger partial charge in [-0.15, -0.1) is 10.2 Å². The van der Waals surface area contributed by atoms with Gasteiger partial charge in [0, 0.05) is 11.3 Å². The quantitative estimate of drug-likeness (QED) is 0.212. The number of amides is 1. The Kier molecular flexibility index (Phi) is 7.79. The van der Waals surface area contributed by atoms with Crippen LogP contribution in [0.25, 0.3) is 17.1 Å². The van der Waals surface area contributed by atoms with Gasteiger partial charge in [0.05, 0.1) is 26.2 Å². The first kappa shape index (κ1) is 24.0. The summed E-state index contributed by atoms with van der Waals surface area (Å²) < 4.78 is 12.5. The number of hydrazone groups is 1. The highest BCUT2D eigenvalue weighted by molar-refractivity contribution is 7.99. The summed E-state index contributed by atoms with van der Waals surface area (Å²) in [5.41, 5.74) is 6.35. The first-order valence-corrected chi connectivity index (χ1v) is 11.8. The third-order valence-electron chi connectivity index (χ3n) is 5.12. The fourth-order valence-corrected chi connectivity index (χ4v) is 3.99. The zero-order chi connectivity index (χ0) is 24.6. The normalized spacial score (nSPS) is 10.9. The number of nitrogens with one attached hydrogen (secondary N) is 1. The standard InChI is InChI=1S/C26H25N5O3S/c1-18-4-6-19(7-5-18)16-27-28-24(32)17-35-26-30-29-25(20-8-12-22(33-2)13-9-20)31(26)21-10-14-23(34-3)15-11-21/h4-16H,17H2,1-3H3,(H,28,32). The molecular weight excluding hydrogens is 462 g/mol. The SMILES string of the molecule is COc1ccc(-c2nnc(SCC(=O)NN=Cc3ccc(C)cc3)n2-c2ccc(OC)cc2)cc1. The van der Waals surface area contributed by atoms with E-state index in [4.69, 9.17) is 9.47 Å². The number of aryl methyl sites for hydroxylation is 1. The summed E-state index contributed by atoms with van der Waals surface area (Å²) in [4.78, 5) is 12.4. The summed E-state index contributed by atoms with van der Waals surface area (Å²) in [5, 5.41) is 13.4. The molecule has 4 aromatic rings. The number of carbonyl (C=O) groups is 1. The van der Waals surface area contributed by atoms with Crippen molar-refractivity contribution in [3.63, 3.8) is 0 Å². The van der Waals surface area contributed by atoms with E-state index >= 15 is 0 Å². The highest BCUT2D eigenvalue weighted by Gasteiger charge is 2.17. The van der Waals surface area contributed by atoms with E-state index in [-0.39, 0.29) is 11.7 Å². The number of hydrogen-bond donors (Lipinski definition) is 1. The van der Waals surface area contributed by atoms with Crippen molar-refractivity contribution >= 4 is 23.9 Å². The molecule has 0 aliphatic rings. The first-order valence-electron chi connectivity index (χ1n) is 10.8. The van der Waals surface area contributed by atoms with E-state index in [2.05, 4.69) is 20.7 Å². The summed E-state index contributed by atoms with van der Waals surface area (Å²) in [5.74, 6) is 2.03. The molecule has 0 unspecified atom stereocenters. The van der Waals surface area contributed by atoms with Gasteiger partial charge in [0.15, 0.2) is 11.0 Å². The molecule has 1 heterocycles. The molecule has 9 heteroatoms. The lowest BCUT2D eigenvalue weighted by atomic mass is 10.2. The lowest BCUT2D eigenvalue weighted by Gasteiger charge is -2.11. The summed E-state index contributed by atoms with van der Waals surface area (Å²) in [6.45, 7) is 2.02. The third-order valence-corrected chi connectivity index (χ3v) is 6.05. The average molecular weight is 488 g/mol. The molecule has 0 fully saturated rings. The minimum Gasteiger partial charge on any atom is -0.497 e. The highest BCUT2D eigenvalue weighted by atomic mass is 32.2. The van der Waals surface area contributed by atoms with Crippen molar-refractivity contribution in [3.05, 3.63) is 83.9 Å². The molecule has 0 atom stereocenters. The molecule has 3 aromatic carbocycles. The van der Waals surface area contributed by atoms with E-state index in [1.807, 2.05) is 84.3 Å². The fourth-order valence-electron chi connectivity index (χ4n) is 3.25. The van der Waals surface area contributed by atoms with E-state index < -0.39 is 0 Å². The Labute approximate surface area is 208 Å². The molecule has 0 spiro atoms. The minimum atomic E-state index is -0.242. The number of aromatic nitrogens is 3. The molecule has 4 rings (SSSR count). The van der Waals surface area contributed by atoms with Crippen LogP contribution in [0.4, 0.5) is 0 Å². The van der Waals surface area contributed by atoms with Gasteiger partial charge >= 0.3 is 0 Å². The number of hydrogen-bond acceptors (Lipinski definition) is 7. The molecule has 178 valence electrons. The summed E-state index contributed by atoms with van der Waals surface area (Å²) in [7, 11) is 3.25. The average Bonchev–Trinajstić information content (AvgIpc) is 3.32. The lowest BCUT2D eigenvalue weighted by molar-refractivity contribution is -0.118. The van der Waals surface area contributed by atoms with E-state index in [0.717, 1.165) is 33.9 Å². The second-order valence-electron chi connectivity index (χ2n) is 7.56. The van der Waals surface area contributed by atoms with Crippen LogP contribution in [0.5, 0.6) is 11.5 Å². The van der Waals surface area contributed by atoms with Crippen LogP contribution in [0.15, 0.2) is 83.1 Å². The Bertz CT molecular complexity index is 1300. The predicted octanol–water partition coefficient (Wildman–Crippen LogP) is 4.50. The molecule has 1 amide bonds. The molecule has 8 nitrogen and oxygen atoms in total. The predicted molar refractivity (Wildman–Crippen MR) is 138 cm³/mol. The second-order valence-corrected chi connectivity index (χ2v) is 8.50. The maximum absolute atomic E-state index is 12.4. The van der Waals surface area contributed by atoms with Crippen LogP contribution in [0, 0.1) is 6.92 Å². The third kappa shape index (κ3) is 6.07. The number of thioether (sulfide) groups is 1. The largest absolute Gasteiger partial charge is 0.497 e. The smallest absolute Gasteiger partial charge is 0.250 e. The zero-order valence-electron chi connectivity index (χ0n) is 19.6. The van der Waals surface area contributed by atoms with Gasteiger partial charge in [0.2, 0.25) is 0 Å². The number of nitrogens with zero attached hydrogens (tertiary/aromatic N) is 4. The van der Waals surface area contributed by atoms with Gasteiger partial charge in [-0.3, -0.25) is 9.36 Å². The van der Waals surface area contributed by atoms with Gasteiger partial charge in [-0.2, -0.15) is 5.10 Å². The van der Waals surface area contributed by atoms with Gasteiger partial charge in [0.25, 0.3) is 5.91 Å². The van der Waals surface area contributed by atoms with Crippen LogP contribution in [-0.4, -0.2) is 46.9 Å². The summed E-state index contributed by atoms with van der Waals surface area (Å²) >= 11 is 1.28. The monoisotopic (exact) mass is 487 g/mol. The van der Waals surface area contributed by atoms with E-state index in [0.29, 0.717) is 11.0 Å². The zero-order valence-corrected chi connectivity index (χ0v) is 20.5. The number of rotatable bonds is 9. The van der Waals surface area contributed by atoms with E-state index in [1.54, 1.807) is 20.4 Å². The van der Waals surface area contributed by atoms with Crippen molar-refractivity contribution in [1.82, 2.24) is 20.2 Å². The van der Waals surface area contributed by atoms with Crippen LogP contribution in [0.2, 0.25) is 0 Å². The fraction of sp³-hybridized carbons (Fsp3) is 0.154.